The molecule has 112 valence electrons. The minimum Gasteiger partial charge on any atom is -0.396 e. The third kappa shape index (κ3) is 3.53. The molecule has 1 rings (SSSR count). The molecule has 0 bridgehead atoms. The number of nitrogens with one attached hydrogen (secondary N) is 2. The Morgan fingerprint density at radius 2 is 2.10 bits per heavy atom. The van der Waals surface area contributed by atoms with E-state index in [-0.39, 0.29) is 18.1 Å². The summed E-state index contributed by atoms with van der Waals surface area (Å²) < 4.78 is 0. The first-order valence-corrected chi connectivity index (χ1v) is 6.46. The molecule has 0 aliphatic rings. The molecule has 0 saturated heterocycles. The number of hydrogen-bond donors (Lipinski definition) is 3. The molecule has 1 aromatic heterocycles. The van der Waals surface area contributed by atoms with Gasteiger partial charge in [0.05, 0.1) is 4.92 Å². The van der Waals surface area contributed by atoms with Crippen molar-refractivity contribution in [3.8, 4) is 0 Å². The summed E-state index contributed by atoms with van der Waals surface area (Å²) in [6.07, 6.45) is 1.17. The number of hydrogen-bond acceptors (Lipinski definition) is 7. The van der Waals surface area contributed by atoms with Crippen molar-refractivity contribution >= 4 is 17.5 Å². The van der Waals surface area contributed by atoms with E-state index in [1.807, 2.05) is 13.8 Å². The lowest BCUT2D eigenvalue weighted by Crippen LogP contribution is -2.36. The molecule has 1 heterocycles. The van der Waals surface area contributed by atoms with Gasteiger partial charge in [0.1, 0.15) is 5.69 Å². The van der Waals surface area contributed by atoms with Gasteiger partial charge in [-0.15, -0.1) is 0 Å². The highest BCUT2D eigenvalue weighted by Gasteiger charge is 2.28. The van der Waals surface area contributed by atoms with E-state index < -0.39 is 10.5 Å². The molecule has 0 fully saturated rings. The van der Waals surface area contributed by atoms with Gasteiger partial charge in [-0.3, -0.25) is 10.1 Å². The first-order chi connectivity index (χ1) is 9.36. The summed E-state index contributed by atoms with van der Waals surface area (Å²) in [6, 6.07) is 0. The SMILES string of the molecule is CCC(C)(CCO)Nc1nc(NC)nc(C)c1[N+](=O)[O-]. The van der Waals surface area contributed by atoms with Gasteiger partial charge in [-0.25, -0.2) is 4.98 Å². The van der Waals surface area contributed by atoms with Gasteiger partial charge >= 0.3 is 5.69 Å². The minimum absolute atomic E-state index is 0.00586. The van der Waals surface area contributed by atoms with Crippen molar-refractivity contribution in [1.29, 1.82) is 0 Å². The normalized spacial score (nSPS) is 13.7. The highest BCUT2D eigenvalue weighted by atomic mass is 16.6. The zero-order chi connectivity index (χ0) is 15.3. The molecule has 1 aromatic rings. The summed E-state index contributed by atoms with van der Waals surface area (Å²) in [5.74, 6) is 0.489. The van der Waals surface area contributed by atoms with Crippen LogP contribution in [0.5, 0.6) is 0 Å². The van der Waals surface area contributed by atoms with Crippen LogP contribution in [-0.4, -0.2) is 39.2 Å². The molecule has 1 unspecified atom stereocenters. The number of aryl methyl sites for hydroxylation is 1. The summed E-state index contributed by atoms with van der Waals surface area (Å²) in [6.45, 7) is 5.40. The van der Waals surface area contributed by atoms with Gasteiger partial charge in [-0.05, 0) is 26.7 Å². The summed E-state index contributed by atoms with van der Waals surface area (Å²) in [5, 5.41) is 26.2. The third-order valence-electron chi connectivity index (χ3n) is 3.33. The van der Waals surface area contributed by atoms with Gasteiger partial charge in [0.15, 0.2) is 0 Å². The molecule has 1 atom stereocenters. The second-order valence-electron chi connectivity index (χ2n) is 4.85. The Hall–Kier alpha value is -1.96. The first kappa shape index (κ1) is 16.1. The fraction of sp³-hybridized carbons (Fsp3) is 0.667. The predicted octanol–water partition coefficient (Wildman–Crippen LogP) is 1.70. The Balaban J connectivity index is 3.27. The Morgan fingerprint density at radius 1 is 1.45 bits per heavy atom. The minimum atomic E-state index is -0.494. The fourth-order valence-electron chi connectivity index (χ4n) is 1.84. The maximum absolute atomic E-state index is 11.2. The van der Waals surface area contributed by atoms with Crippen molar-refractivity contribution in [3.05, 3.63) is 15.8 Å². The Labute approximate surface area is 117 Å². The van der Waals surface area contributed by atoms with Gasteiger partial charge < -0.3 is 15.7 Å². The zero-order valence-corrected chi connectivity index (χ0v) is 12.2. The van der Waals surface area contributed by atoms with Crippen LogP contribution in [0.15, 0.2) is 0 Å². The van der Waals surface area contributed by atoms with E-state index in [4.69, 9.17) is 5.11 Å². The van der Waals surface area contributed by atoms with Crippen molar-refractivity contribution in [2.75, 3.05) is 24.3 Å². The zero-order valence-electron chi connectivity index (χ0n) is 12.2. The molecular formula is C12H21N5O3. The van der Waals surface area contributed by atoms with Gasteiger partial charge in [0.2, 0.25) is 11.8 Å². The average Bonchev–Trinajstić information content (AvgIpc) is 2.37. The predicted molar refractivity (Wildman–Crippen MR) is 77.0 cm³/mol. The number of nitrogens with zero attached hydrogens (tertiary/aromatic N) is 3. The Bertz CT molecular complexity index is 494. The van der Waals surface area contributed by atoms with Crippen LogP contribution in [0.1, 0.15) is 32.4 Å². The molecule has 0 radical (unpaired) electrons. The Morgan fingerprint density at radius 3 is 2.55 bits per heavy atom. The lowest BCUT2D eigenvalue weighted by atomic mass is 9.95. The largest absolute Gasteiger partial charge is 0.396 e. The van der Waals surface area contributed by atoms with Crippen LogP contribution in [0.2, 0.25) is 0 Å². The van der Waals surface area contributed by atoms with Gasteiger partial charge in [-0.2, -0.15) is 4.98 Å². The number of aromatic nitrogens is 2. The fourth-order valence-corrected chi connectivity index (χ4v) is 1.84. The van der Waals surface area contributed by atoms with Crippen LogP contribution in [0.4, 0.5) is 17.5 Å². The van der Waals surface area contributed by atoms with E-state index in [1.165, 1.54) is 0 Å². The third-order valence-corrected chi connectivity index (χ3v) is 3.33. The average molecular weight is 283 g/mol. The molecule has 0 aliphatic heterocycles. The monoisotopic (exact) mass is 283 g/mol. The van der Waals surface area contributed by atoms with Crippen molar-refractivity contribution in [2.45, 2.75) is 39.2 Å². The number of nitro groups is 1. The second kappa shape index (κ2) is 6.47. The van der Waals surface area contributed by atoms with Crippen LogP contribution in [0, 0.1) is 17.0 Å². The van der Waals surface area contributed by atoms with E-state index in [2.05, 4.69) is 20.6 Å². The first-order valence-electron chi connectivity index (χ1n) is 6.46. The van der Waals surface area contributed by atoms with Gasteiger partial charge in [0.25, 0.3) is 0 Å². The van der Waals surface area contributed by atoms with Crippen molar-refractivity contribution in [2.24, 2.45) is 0 Å². The van der Waals surface area contributed by atoms with Crippen LogP contribution >= 0.6 is 0 Å². The molecule has 0 spiro atoms. The summed E-state index contributed by atoms with van der Waals surface area (Å²) in [4.78, 5) is 18.9. The molecule has 0 saturated carbocycles. The second-order valence-corrected chi connectivity index (χ2v) is 4.85. The number of aliphatic hydroxyl groups excluding tert-OH is 1. The number of rotatable bonds is 7. The maximum atomic E-state index is 11.2. The molecule has 8 heteroatoms. The van der Waals surface area contributed by atoms with Crippen LogP contribution in [0.3, 0.4) is 0 Å². The molecule has 20 heavy (non-hydrogen) atoms. The topological polar surface area (TPSA) is 113 Å². The summed E-state index contributed by atoms with van der Waals surface area (Å²) in [7, 11) is 1.65. The maximum Gasteiger partial charge on any atom is 0.332 e. The van der Waals surface area contributed by atoms with Crippen LogP contribution in [0.25, 0.3) is 0 Å². The van der Waals surface area contributed by atoms with Gasteiger partial charge in [0, 0.05) is 19.2 Å². The van der Waals surface area contributed by atoms with Crippen LogP contribution < -0.4 is 10.6 Å². The highest BCUT2D eigenvalue weighted by Crippen LogP contribution is 2.30. The van der Waals surface area contributed by atoms with Crippen molar-refractivity contribution in [1.82, 2.24) is 9.97 Å². The lowest BCUT2D eigenvalue weighted by Gasteiger charge is -2.29. The molecular weight excluding hydrogens is 262 g/mol. The van der Waals surface area contributed by atoms with Crippen molar-refractivity contribution < 1.29 is 10.0 Å². The number of anilines is 2. The highest BCUT2D eigenvalue weighted by molar-refractivity contribution is 5.61. The van der Waals surface area contributed by atoms with Gasteiger partial charge in [-0.1, -0.05) is 6.92 Å². The number of aliphatic hydroxyl groups is 1. The van der Waals surface area contributed by atoms with E-state index in [1.54, 1.807) is 14.0 Å². The Kier molecular flexibility index (Phi) is 5.20. The summed E-state index contributed by atoms with van der Waals surface area (Å²) >= 11 is 0. The molecule has 3 N–H and O–H groups in total. The molecule has 0 amide bonds. The smallest absolute Gasteiger partial charge is 0.332 e. The summed E-state index contributed by atoms with van der Waals surface area (Å²) in [5.41, 5.74) is -0.313. The quantitative estimate of drug-likeness (QED) is 0.515. The van der Waals surface area contributed by atoms with Crippen molar-refractivity contribution in [3.63, 3.8) is 0 Å². The van der Waals surface area contributed by atoms with E-state index in [0.29, 0.717) is 24.5 Å². The van der Waals surface area contributed by atoms with E-state index >= 15 is 0 Å². The standard InChI is InChI=1S/C12H21N5O3/c1-5-12(3,6-7-18)16-10-9(17(19)20)8(2)14-11(13-4)15-10/h18H,5-7H2,1-4H3,(H2,13,14,15,16). The molecule has 8 nitrogen and oxygen atoms in total. The lowest BCUT2D eigenvalue weighted by molar-refractivity contribution is -0.385. The van der Waals surface area contributed by atoms with E-state index in [0.717, 1.165) is 0 Å². The van der Waals surface area contributed by atoms with Crippen LogP contribution in [-0.2, 0) is 0 Å². The molecule has 0 aromatic carbocycles. The van der Waals surface area contributed by atoms with E-state index in [9.17, 15) is 10.1 Å². The molecule has 0 aliphatic carbocycles.